The van der Waals surface area contributed by atoms with E-state index in [1.54, 1.807) is 42.6 Å². The second-order valence-electron chi connectivity index (χ2n) is 7.07. The average Bonchev–Trinajstić information content (AvgIpc) is 2.73. The van der Waals surface area contributed by atoms with Crippen molar-refractivity contribution in [2.75, 3.05) is 24.4 Å². The van der Waals surface area contributed by atoms with E-state index in [0.717, 1.165) is 18.5 Å². The summed E-state index contributed by atoms with van der Waals surface area (Å²) in [5.41, 5.74) is 1.35. The number of sulfonamides is 1. The summed E-state index contributed by atoms with van der Waals surface area (Å²) in [6.07, 6.45) is 1.57. The van der Waals surface area contributed by atoms with Gasteiger partial charge in [0.05, 0.1) is 5.52 Å². The smallest absolute Gasteiger partial charge is 0.264 e. The first-order chi connectivity index (χ1) is 14.0. The number of anilines is 1. The van der Waals surface area contributed by atoms with Gasteiger partial charge >= 0.3 is 0 Å². The van der Waals surface area contributed by atoms with Gasteiger partial charge in [-0.2, -0.15) is 0 Å². The largest absolute Gasteiger partial charge is 0.333 e. The number of benzene rings is 2. The fourth-order valence-electron chi connectivity index (χ4n) is 3.49. The lowest BCUT2D eigenvalue weighted by Crippen LogP contribution is -2.52. The molecule has 8 heteroatoms. The molecule has 1 amide bonds. The van der Waals surface area contributed by atoms with Gasteiger partial charge in [-0.25, -0.2) is 8.42 Å². The average molecular weight is 410 g/mol. The van der Waals surface area contributed by atoms with Crippen LogP contribution in [0.1, 0.15) is 17.3 Å². The highest BCUT2D eigenvalue weighted by atomic mass is 32.2. The van der Waals surface area contributed by atoms with Gasteiger partial charge in [-0.1, -0.05) is 18.2 Å². The van der Waals surface area contributed by atoms with Crippen LogP contribution in [0, 0.1) is 0 Å². The highest BCUT2D eigenvalue weighted by Crippen LogP contribution is 2.23. The number of hydrogen-bond acceptors (Lipinski definition) is 5. The Balaban J connectivity index is 1.56. The number of rotatable bonds is 4. The summed E-state index contributed by atoms with van der Waals surface area (Å²) in [5, 5.41) is 4.01. The summed E-state index contributed by atoms with van der Waals surface area (Å²) in [6, 6.07) is 15.3. The van der Waals surface area contributed by atoms with Gasteiger partial charge in [-0.3, -0.25) is 14.5 Å². The summed E-state index contributed by atoms with van der Waals surface area (Å²) < 4.78 is 28.4. The summed E-state index contributed by atoms with van der Waals surface area (Å²) in [4.78, 5) is 18.9. The first-order valence-electron chi connectivity index (χ1n) is 9.44. The molecule has 0 aliphatic carbocycles. The molecule has 150 valence electrons. The van der Waals surface area contributed by atoms with Crippen molar-refractivity contribution >= 4 is 32.5 Å². The predicted molar refractivity (Wildman–Crippen MR) is 112 cm³/mol. The number of carbonyl (C=O) groups is 1. The maximum atomic E-state index is 12.9. The van der Waals surface area contributed by atoms with Crippen LogP contribution in [-0.4, -0.2) is 49.9 Å². The molecule has 3 aromatic rings. The Morgan fingerprint density at radius 1 is 1.14 bits per heavy atom. The van der Waals surface area contributed by atoms with E-state index in [1.165, 1.54) is 6.07 Å². The Morgan fingerprint density at radius 2 is 1.90 bits per heavy atom. The van der Waals surface area contributed by atoms with Crippen LogP contribution in [0.2, 0.25) is 0 Å². The number of pyridine rings is 1. The van der Waals surface area contributed by atoms with E-state index in [-0.39, 0.29) is 16.8 Å². The molecule has 1 aliphatic heterocycles. The number of nitrogens with zero attached hydrogens (tertiary/aromatic N) is 2. The lowest BCUT2D eigenvalue weighted by Gasteiger charge is -2.34. The SMILES string of the molecule is CC1CNCCN1C(=O)c1ccc(NS(=O)(=O)c2cccc3cccnc23)cc1. The Hall–Kier alpha value is -2.97. The number of amides is 1. The zero-order valence-electron chi connectivity index (χ0n) is 16.0. The van der Waals surface area contributed by atoms with Gasteiger partial charge in [0, 0.05) is 48.5 Å². The van der Waals surface area contributed by atoms with E-state index in [0.29, 0.717) is 23.3 Å². The van der Waals surface area contributed by atoms with Crippen molar-refractivity contribution in [1.29, 1.82) is 0 Å². The molecule has 2 aromatic carbocycles. The molecular weight excluding hydrogens is 388 g/mol. The van der Waals surface area contributed by atoms with E-state index in [4.69, 9.17) is 0 Å². The van der Waals surface area contributed by atoms with Gasteiger partial charge in [-0.15, -0.1) is 0 Å². The minimum Gasteiger partial charge on any atom is -0.333 e. The van der Waals surface area contributed by atoms with Crippen LogP contribution < -0.4 is 10.0 Å². The number of fused-ring (bicyclic) bond motifs is 1. The highest BCUT2D eigenvalue weighted by molar-refractivity contribution is 7.93. The minimum atomic E-state index is -3.82. The zero-order valence-corrected chi connectivity index (χ0v) is 16.8. The van der Waals surface area contributed by atoms with Crippen molar-refractivity contribution < 1.29 is 13.2 Å². The first kappa shape index (κ1) is 19.4. The predicted octanol–water partition coefficient (Wildman–Crippen LogP) is 2.47. The molecule has 0 bridgehead atoms. The number of aromatic nitrogens is 1. The van der Waals surface area contributed by atoms with Gasteiger partial charge in [-0.05, 0) is 43.3 Å². The molecular formula is C21H22N4O3S. The van der Waals surface area contributed by atoms with Crippen molar-refractivity contribution in [3.63, 3.8) is 0 Å². The molecule has 1 atom stereocenters. The molecule has 1 fully saturated rings. The third-order valence-corrected chi connectivity index (χ3v) is 6.44. The maximum absolute atomic E-state index is 12.9. The topological polar surface area (TPSA) is 91.4 Å². The van der Waals surface area contributed by atoms with Crippen LogP contribution in [0.15, 0.2) is 65.7 Å². The maximum Gasteiger partial charge on any atom is 0.264 e. The fourth-order valence-corrected chi connectivity index (χ4v) is 4.73. The number of carbonyl (C=O) groups excluding carboxylic acids is 1. The van der Waals surface area contributed by atoms with Crippen LogP contribution in [0.5, 0.6) is 0 Å². The molecule has 2 heterocycles. The van der Waals surface area contributed by atoms with Crippen LogP contribution in [0.4, 0.5) is 5.69 Å². The highest BCUT2D eigenvalue weighted by Gasteiger charge is 2.24. The number of nitrogens with one attached hydrogen (secondary N) is 2. The Bertz CT molecular complexity index is 1140. The molecule has 1 saturated heterocycles. The van der Waals surface area contributed by atoms with Gasteiger partial charge in [0.25, 0.3) is 15.9 Å². The van der Waals surface area contributed by atoms with Crippen LogP contribution >= 0.6 is 0 Å². The Labute approximate surface area is 169 Å². The van der Waals surface area contributed by atoms with Crippen molar-refractivity contribution in [3.8, 4) is 0 Å². The number of para-hydroxylation sites is 1. The second kappa shape index (κ2) is 7.81. The molecule has 0 radical (unpaired) electrons. The summed E-state index contributed by atoms with van der Waals surface area (Å²) in [6.45, 7) is 4.20. The monoisotopic (exact) mass is 410 g/mol. The Kier molecular flexibility index (Phi) is 5.21. The zero-order chi connectivity index (χ0) is 20.4. The van der Waals surface area contributed by atoms with Crippen molar-refractivity contribution in [2.24, 2.45) is 0 Å². The second-order valence-corrected chi connectivity index (χ2v) is 8.72. The number of hydrogen-bond donors (Lipinski definition) is 2. The van der Waals surface area contributed by atoms with E-state index in [1.807, 2.05) is 24.0 Å². The van der Waals surface area contributed by atoms with E-state index in [2.05, 4.69) is 15.0 Å². The van der Waals surface area contributed by atoms with Crippen molar-refractivity contribution in [1.82, 2.24) is 15.2 Å². The summed E-state index contributed by atoms with van der Waals surface area (Å²) in [7, 11) is -3.82. The molecule has 1 aliphatic rings. The Morgan fingerprint density at radius 3 is 2.66 bits per heavy atom. The molecule has 0 spiro atoms. The molecule has 2 N–H and O–H groups in total. The quantitative estimate of drug-likeness (QED) is 0.690. The normalized spacial score (nSPS) is 17.3. The molecule has 4 rings (SSSR count). The van der Waals surface area contributed by atoms with Gasteiger partial charge in [0.15, 0.2) is 0 Å². The molecule has 29 heavy (non-hydrogen) atoms. The van der Waals surface area contributed by atoms with Crippen LogP contribution in [-0.2, 0) is 10.0 Å². The van der Waals surface area contributed by atoms with Gasteiger partial charge in [0.2, 0.25) is 0 Å². The van der Waals surface area contributed by atoms with E-state index >= 15 is 0 Å². The molecule has 1 unspecified atom stereocenters. The van der Waals surface area contributed by atoms with Crippen molar-refractivity contribution in [2.45, 2.75) is 17.9 Å². The standard InChI is InChI=1S/C21H22N4O3S/c1-15-14-22-12-13-25(15)21(26)17-7-9-18(10-8-17)24-29(27,28)19-6-2-4-16-5-3-11-23-20(16)19/h2-11,15,22,24H,12-14H2,1H3. The van der Waals surface area contributed by atoms with Crippen LogP contribution in [0.25, 0.3) is 10.9 Å². The summed E-state index contributed by atoms with van der Waals surface area (Å²) >= 11 is 0. The lowest BCUT2D eigenvalue weighted by atomic mass is 10.1. The van der Waals surface area contributed by atoms with Crippen LogP contribution in [0.3, 0.4) is 0 Å². The van der Waals surface area contributed by atoms with Gasteiger partial charge < -0.3 is 10.2 Å². The molecule has 7 nitrogen and oxygen atoms in total. The number of piperazine rings is 1. The van der Waals surface area contributed by atoms with Gasteiger partial charge in [0.1, 0.15) is 4.90 Å². The van der Waals surface area contributed by atoms with E-state index in [9.17, 15) is 13.2 Å². The third kappa shape index (κ3) is 3.94. The lowest BCUT2D eigenvalue weighted by molar-refractivity contribution is 0.0656. The molecule has 1 aromatic heterocycles. The summed E-state index contributed by atoms with van der Waals surface area (Å²) in [5.74, 6) is -0.0494. The fraction of sp³-hybridized carbons (Fsp3) is 0.238. The first-order valence-corrected chi connectivity index (χ1v) is 10.9. The minimum absolute atomic E-state index is 0.0494. The third-order valence-electron chi connectivity index (χ3n) is 5.03. The van der Waals surface area contributed by atoms with Crippen molar-refractivity contribution in [3.05, 3.63) is 66.4 Å². The van der Waals surface area contributed by atoms with E-state index < -0.39 is 10.0 Å². The molecule has 0 saturated carbocycles.